The highest BCUT2D eigenvalue weighted by atomic mass is 16.5. The van der Waals surface area contributed by atoms with Crippen molar-refractivity contribution in [3.05, 3.63) is 45.7 Å². The number of nitrogens with one attached hydrogen (secondary N) is 1. The average Bonchev–Trinajstić information content (AvgIpc) is 2.92. The second-order valence-electron chi connectivity index (χ2n) is 5.94. The second-order valence-corrected chi connectivity index (χ2v) is 5.94. The predicted molar refractivity (Wildman–Crippen MR) is 86.0 cm³/mol. The average molecular weight is 302 g/mol. The Balaban J connectivity index is 1.89. The van der Waals surface area contributed by atoms with Gasteiger partial charge >= 0.3 is 0 Å². The molecule has 2 atom stereocenters. The molecule has 0 bridgehead atoms. The predicted octanol–water partition coefficient (Wildman–Crippen LogP) is 1.42. The van der Waals surface area contributed by atoms with Gasteiger partial charge in [0.15, 0.2) is 5.43 Å². The van der Waals surface area contributed by atoms with Crippen LogP contribution in [0.1, 0.15) is 18.2 Å². The van der Waals surface area contributed by atoms with Crippen LogP contribution in [0.2, 0.25) is 0 Å². The lowest BCUT2D eigenvalue weighted by Gasteiger charge is -2.28. The molecular formula is C17H22N2O3. The zero-order chi connectivity index (χ0) is 15.7. The van der Waals surface area contributed by atoms with Crippen molar-refractivity contribution >= 4 is 10.9 Å². The number of aromatic nitrogens is 1. The van der Waals surface area contributed by atoms with Crippen LogP contribution in [-0.2, 0) is 11.3 Å². The first-order valence-electron chi connectivity index (χ1n) is 7.71. The first-order valence-corrected chi connectivity index (χ1v) is 7.71. The molecule has 22 heavy (non-hydrogen) atoms. The zero-order valence-electron chi connectivity index (χ0n) is 13.0. The molecule has 0 amide bonds. The standard InChI is InChI=1S/C17H22N2O3/c1-3-19(15-9-22-10-17(15)21)8-12-7-16(20)13-6-11(2)4-5-14(13)18-12/h4-7,15,17,21H,3,8-10H2,1-2H3,(H,18,20). The molecule has 1 aromatic carbocycles. The Morgan fingerprint density at radius 1 is 1.36 bits per heavy atom. The lowest BCUT2D eigenvalue weighted by Crippen LogP contribution is -2.42. The van der Waals surface area contributed by atoms with Crippen LogP contribution in [0.25, 0.3) is 10.9 Å². The Morgan fingerprint density at radius 3 is 2.86 bits per heavy atom. The number of hydrogen-bond acceptors (Lipinski definition) is 4. The number of rotatable bonds is 4. The Labute approximate surface area is 129 Å². The molecule has 0 aliphatic carbocycles. The van der Waals surface area contributed by atoms with Crippen molar-refractivity contribution in [1.82, 2.24) is 9.88 Å². The van der Waals surface area contributed by atoms with E-state index in [1.54, 1.807) is 6.07 Å². The van der Waals surface area contributed by atoms with E-state index in [0.29, 0.717) is 19.8 Å². The minimum absolute atomic E-state index is 0.0118. The van der Waals surface area contributed by atoms with Crippen molar-refractivity contribution in [3.63, 3.8) is 0 Å². The molecule has 1 fully saturated rings. The molecule has 1 saturated heterocycles. The van der Waals surface area contributed by atoms with E-state index in [2.05, 4.69) is 9.88 Å². The van der Waals surface area contributed by atoms with Crippen molar-refractivity contribution < 1.29 is 9.84 Å². The molecule has 5 heteroatoms. The van der Waals surface area contributed by atoms with Gasteiger partial charge in [0.25, 0.3) is 0 Å². The van der Waals surface area contributed by atoms with E-state index >= 15 is 0 Å². The monoisotopic (exact) mass is 302 g/mol. The molecule has 0 radical (unpaired) electrons. The fourth-order valence-corrected chi connectivity index (χ4v) is 3.06. The molecular weight excluding hydrogens is 280 g/mol. The summed E-state index contributed by atoms with van der Waals surface area (Å²) in [4.78, 5) is 17.8. The summed E-state index contributed by atoms with van der Waals surface area (Å²) < 4.78 is 5.33. The summed E-state index contributed by atoms with van der Waals surface area (Å²) in [5, 5.41) is 10.7. The zero-order valence-corrected chi connectivity index (χ0v) is 13.0. The maximum atomic E-state index is 12.3. The number of fused-ring (bicyclic) bond motifs is 1. The SMILES string of the molecule is CCN(Cc1cc(=O)c2cc(C)ccc2[nH]1)C1COCC1O. The maximum absolute atomic E-state index is 12.3. The third kappa shape index (κ3) is 2.92. The first-order chi connectivity index (χ1) is 10.6. The Kier molecular flexibility index (Phi) is 4.29. The van der Waals surface area contributed by atoms with Crippen LogP contribution in [0.5, 0.6) is 0 Å². The van der Waals surface area contributed by atoms with Gasteiger partial charge < -0.3 is 14.8 Å². The van der Waals surface area contributed by atoms with Crippen molar-refractivity contribution in [2.75, 3.05) is 19.8 Å². The molecule has 2 heterocycles. The van der Waals surface area contributed by atoms with Crippen LogP contribution in [0.4, 0.5) is 0 Å². The minimum Gasteiger partial charge on any atom is -0.389 e. The summed E-state index contributed by atoms with van der Waals surface area (Å²) in [6, 6.07) is 7.49. The van der Waals surface area contributed by atoms with E-state index in [4.69, 9.17) is 4.74 Å². The molecule has 1 aliphatic heterocycles. The number of aliphatic hydroxyl groups excluding tert-OH is 1. The summed E-state index contributed by atoms with van der Waals surface area (Å²) in [6.07, 6.45) is -0.463. The Bertz CT molecular complexity index is 725. The van der Waals surface area contributed by atoms with Crippen LogP contribution in [0, 0.1) is 6.92 Å². The van der Waals surface area contributed by atoms with Crippen molar-refractivity contribution in [2.45, 2.75) is 32.5 Å². The lowest BCUT2D eigenvalue weighted by atomic mass is 10.1. The second kappa shape index (κ2) is 6.20. The van der Waals surface area contributed by atoms with E-state index < -0.39 is 6.10 Å². The van der Waals surface area contributed by atoms with Crippen LogP contribution in [0.3, 0.4) is 0 Å². The highest BCUT2D eigenvalue weighted by Gasteiger charge is 2.31. The van der Waals surface area contributed by atoms with E-state index in [0.717, 1.165) is 28.7 Å². The maximum Gasteiger partial charge on any atom is 0.189 e. The van der Waals surface area contributed by atoms with E-state index in [1.807, 2.05) is 32.0 Å². The molecule has 2 aromatic rings. The number of benzene rings is 1. The van der Waals surface area contributed by atoms with Crippen molar-refractivity contribution in [3.8, 4) is 0 Å². The number of aliphatic hydroxyl groups is 1. The van der Waals surface area contributed by atoms with E-state index in [9.17, 15) is 9.90 Å². The normalized spacial score (nSPS) is 21.8. The van der Waals surface area contributed by atoms with E-state index in [-0.39, 0.29) is 11.5 Å². The smallest absolute Gasteiger partial charge is 0.189 e. The molecule has 1 aliphatic rings. The summed E-state index contributed by atoms with van der Waals surface area (Å²) in [7, 11) is 0. The largest absolute Gasteiger partial charge is 0.389 e. The molecule has 0 saturated carbocycles. The van der Waals surface area contributed by atoms with Gasteiger partial charge in [-0.3, -0.25) is 9.69 Å². The highest BCUT2D eigenvalue weighted by molar-refractivity contribution is 5.79. The number of hydrogen-bond donors (Lipinski definition) is 2. The lowest BCUT2D eigenvalue weighted by molar-refractivity contribution is 0.0802. The Hall–Kier alpha value is -1.69. The number of likely N-dealkylation sites (N-methyl/N-ethyl adjacent to an activating group) is 1. The van der Waals surface area contributed by atoms with Gasteiger partial charge in [-0.1, -0.05) is 18.6 Å². The number of pyridine rings is 1. The third-order valence-electron chi connectivity index (χ3n) is 4.31. The number of nitrogens with zero attached hydrogens (tertiary/aromatic N) is 1. The van der Waals surface area contributed by atoms with Crippen LogP contribution in [-0.4, -0.2) is 46.9 Å². The number of aromatic amines is 1. The number of H-pyrrole nitrogens is 1. The summed E-state index contributed by atoms with van der Waals surface area (Å²) >= 11 is 0. The topological polar surface area (TPSA) is 65.6 Å². The van der Waals surface area contributed by atoms with Gasteiger partial charge in [-0.15, -0.1) is 0 Å². The van der Waals surface area contributed by atoms with Gasteiger partial charge in [0, 0.05) is 29.2 Å². The molecule has 118 valence electrons. The molecule has 3 rings (SSSR count). The van der Waals surface area contributed by atoms with Gasteiger partial charge in [-0.05, 0) is 25.6 Å². The summed E-state index contributed by atoms with van der Waals surface area (Å²) in [6.45, 7) is 6.33. The first kappa shape index (κ1) is 15.2. The van der Waals surface area contributed by atoms with Gasteiger partial charge in [-0.25, -0.2) is 0 Å². The number of aryl methyl sites for hydroxylation is 1. The fraction of sp³-hybridized carbons (Fsp3) is 0.471. The highest BCUT2D eigenvalue weighted by Crippen LogP contribution is 2.17. The van der Waals surface area contributed by atoms with Crippen LogP contribution < -0.4 is 5.43 Å². The van der Waals surface area contributed by atoms with Crippen molar-refractivity contribution in [1.29, 1.82) is 0 Å². The van der Waals surface area contributed by atoms with Gasteiger partial charge in [0.2, 0.25) is 0 Å². The summed E-state index contributed by atoms with van der Waals surface area (Å²) in [5.74, 6) is 0. The van der Waals surface area contributed by atoms with Crippen LogP contribution >= 0.6 is 0 Å². The molecule has 5 nitrogen and oxygen atoms in total. The van der Waals surface area contributed by atoms with Crippen LogP contribution in [0.15, 0.2) is 29.1 Å². The summed E-state index contributed by atoms with van der Waals surface area (Å²) in [5.41, 5.74) is 2.83. The van der Waals surface area contributed by atoms with Gasteiger partial charge in [-0.2, -0.15) is 0 Å². The van der Waals surface area contributed by atoms with Gasteiger partial charge in [0.05, 0.1) is 25.4 Å². The molecule has 1 aromatic heterocycles. The third-order valence-corrected chi connectivity index (χ3v) is 4.31. The molecule has 0 spiro atoms. The molecule has 2 unspecified atom stereocenters. The van der Waals surface area contributed by atoms with Gasteiger partial charge in [0.1, 0.15) is 0 Å². The van der Waals surface area contributed by atoms with E-state index in [1.165, 1.54) is 0 Å². The Morgan fingerprint density at radius 2 is 2.18 bits per heavy atom. The quantitative estimate of drug-likeness (QED) is 0.896. The molecule has 2 N–H and O–H groups in total. The number of ether oxygens (including phenoxy) is 1. The fourth-order valence-electron chi connectivity index (χ4n) is 3.06. The minimum atomic E-state index is -0.463. The van der Waals surface area contributed by atoms with Crippen molar-refractivity contribution in [2.24, 2.45) is 0 Å².